The van der Waals surface area contributed by atoms with E-state index in [1.54, 1.807) is 12.0 Å². The summed E-state index contributed by atoms with van der Waals surface area (Å²) in [5, 5.41) is 5.99. The van der Waals surface area contributed by atoms with Crippen LogP contribution in [-0.2, 0) is 16.1 Å². The lowest BCUT2D eigenvalue weighted by molar-refractivity contribution is -0.132. The van der Waals surface area contributed by atoms with Gasteiger partial charge in [0.25, 0.3) is 0 Å². The van der Waals surface area contributed by atoms with Crippen LogP contribution in [0.3, 0.4) is 0 Å². The second-order valence-corrected chi connectivity index (χ2v) is 7.90. The quantitative estimate of drug-likeness (QED) is 0.782. The molecule has 2 aliphatic rings. The van der Waals surface area contributed by atoms with Crippen LogP contribution >= 0.6 is 0 Å². The van der Waals surface area contributed by atoms with E-state index in [1.807, 2.05) is 31.2 Å². The highest BCUT2D eigenvalue weighted by molar-refractivity contribution is 5.83. The third kappa shape index (κ3) is 5.16. The van der Waals surface area contributed by atoms with Crippen molar-refractivity contribution in [3.05, 3.63) is 29.8 Å². The summed E-state index contributed by atoms with van der Waals surface area (Å²) in [6.07, 6.45) is 3.52. The Morgan fingerprint density at radius 3 is 2.75 bits per heavy atom. The van der Waals surface area contributed by atoms with Gasteiger partial charge < -0.3 is 25.0 Å². The highest BCUT2D eigenvalue weighted by atomic mass is 16.5. The van der Waals surface area contributed by atoms with Gasteiger partial charge in [-0.3, -0.25) is 4.79 Å². The molecule has 3 rings (SSSR count). The number of urea groups is 1. The van der Waals surface area contributed by atoms with E-state index in [-0.39, 0.29) is 18.0 Å². The fraction of sp³-hybridized carbons (Fsp3) is 0.619. The monoisotopic (exact) mass is 389 g/mol. The molecule has 0 aromatic heterocycles. The molecule has 1 aromatic carbocycles. The van der Waals surface area contributed by atoms with Crippen LogP contribution in [0, 0.1) is 5.41 Å². The number of methoxy groups -OCH3 is 1. The smallest absolute Gasteiger partial charge is 0.317 e. The first-order valence-electron chi connectivity index (χ1n) is 10.1. The maximum atomic E-state index is 12.7. The zero-order valence-electron chi connectivity index (χ0n) is 16.8. The molecule has 0 saturated carbocycles. The molecule has 7 heteroatoms. The molecule has 3 amide bonds. The summed E-state index contributed by atoms with van der Waals surface area (Å²) in [6.45, 7) is 4.97. The van der Waals surface area contributed by atoms with Crippen LogP contribution in [-0.4, -0.2) is 56.3 Å². The number of rotatable bonds is 6. The molecule has 0 spiro atoms. The van der Waals surface area contributed by atoms with Gasteiger partial charge in [-0.25, -0.2) is 4.79 Å². The van der Waals surface area contributed by atoms with E-state index in [0.29, 0.717) is 39.0 Å². The number of likely N-dealkylation sites (tertiary alicyclic amines) is 1. The highest BCUT2D eigenvalue weighted by Crippen LogP contribution is 2.31. The molecule has 1 atom stereocenters. The van der Waals surface area contributed by atoms with Crippen LogP contribution in [0.25, 0.3) is 0 Å². The Balaban J connectivity index is 1.43. The van der Waals surface area contributed by atoms with Gasteiger partial charge in [0, 0.05) is 38.2 Å². The summed E-state index contributed by atoms with van der Waals surface area (Å²) >= 11 is 0. The first-order valence-corrected chi connectivity index (χ1v) is 10.1. The molecule has 2 fully saturated rings. The number of nitrogens with one attached hydrogen (secondary N) is 2. The van der Waals surface area contributed by atoms with Crippen molar-refractivity contribution in [2.24, 2.45) is 5.41 Å². The standard InChI is InChI=1S/C21H31N3O4/c1-21(19(25)22-14-16-5-3-6-17(13-16)27-2)8-10-24(11-9-21)20(26)23-15-18-7-4-12-28-18/h3,5-6,13,18H,4,7-12,14-15H2,1-2H3,(H,22,25)(H,23,26)/t18-/m1/s1. The molecule has 1 aromatic rings. The Bertz CT molecular complexity index is 680. The molecule has 0 radical (unpaired) electrons. The van der Waals surface area contributed by atoms with Crippen LogP contribution in [0.2, 0.25) is 0 Å². The minimum absolute atomic E-state index is 0.0368. The maximum absolute atomic E-state index is 12.7. The molecule has 2 N–H and O–H groups in total. The van der Waals surface area contributed by atoms with E-state index in [1.165, 1.54) is 0 Å². The van der Waals surface area contributed by atoms with Gasteiger partial charge in [-0.2, -0.15) is 0 Å². The number of nitrogens with zero attached hydrogens (tertiary/aromatic N) is 1. The van der Waals surface area contributed by atoms with Gasteiger partial charge >= 0.3 is 6.03 Å². The number of piperidine rings is 1. The Labute approximate surface area is 166 Å². The summed E-state index contributed by atoms with van der Waals surface area (Å²) in [4.78, 5) is 26.9. The van der Waals surface area contributed by atoms with Crippen molar-refractivity contribution in [2.75, 3.05) is 33.4 Å². The lowest BCUT2D eigenvalue weighted by Crippen LogP contribution is -2.51. The summed E-state index contributed by atoms with van der Waals surface area (Å²) in [6, 6.07) is 7.62. The van der Waals surface area contributed by atoms with E-state index in [2.05, 4.69) is 10.6 Å². The molecule has 7 nitrogen and oxygen atoms in total. The Hall–Kier alpha value is -2.28. The second kappa shape index (κ2) is 9.28. The number of amides is 3. The van der Waals surface area contributed by atoms with Crippen molar-refractivity contribution in [1.82, 2.24) is 15.5 Å². The predicted octanol–water partition coefficient (Wildman–Crippen LogP) is 2.30. The third-order valence-electron chi connectivity index (χ3n) is 5.79. The molecule has 2 aliphatic heterocycles. The van der Waals surface area contributed by atoms with Gasteiger partial charge in [0.05, 0.1) is 13.2 Å². The highest BCUT2D eigenvalue weighted by Gasteiger charge is 2.38. The molecule has 28 heavy (non-hydrogen) atoms. The zero-order valence-corrected chi connectivity index (χ0v) is 16.8. The number of carbonyl (C=O) groups excluding carboxylic acids is 2. The zero-order chi connectivity index (χ0) is 20.0. The lowest BCUT2D eigenvalue weighted by Gasteiger charge is -2.38. The van der Waals surface area contributed by atoms with E-state index in [9.17, 15) is 9.59 Å². The fourth-order valence-corrected chi connectivity index (χ4v) is 3.73. The summed E-state index contributed by atoms with van der Waals surface area (Å²) < 4.78 is 10.8. The lowest BCUT2D eigenvalue weighted by atomic mass is 9.79. The van der Waals surface area contributed by atoms with Crippen molar-refractivity contribution >= 4 is 11.9 Å². The SMILES string of the molecule is COc1cccc(CNC(=O)C2(C)CCN(C(=O)NC[C@H]3CCCO3)CC2)c1. The molecule has 0 aliphatic carbocycles. The van der Waals surface area contributed by atoms with Gasteiger partial charge in [0.1, 0.15) is 5.75 Å². The number of hydrogen-bond donors (Lipinski definition) is 2. The largest absolute Gasteiger partial charge is 0.497 e. The maximum Gasteiger partial charge on any atom is 0.317 e. The topological polar surface area (TPSA) is 79.9 Å². The van der Waals surface area contributed by atoms with Gasteiger partial charge in [-0.15, -0.1) is 0 Å². The Morgan fingerprint density at radius 2 is 2.07 bits per heavy atom. The van der Waals surface area contributed by atoms with Crippen molar-refractivity contribution < 1.29 is 19.1 Å². The van der Waals surface area contributed by atoms with E-state index < -0.39 is 5.41 Å². The third-order valence-corrected chi connectivity index (χ3v) is 5.79. The summed E-state index contributed by atoms with van der Waals surface area (Å²) in [7, 11) is 1.63. The number of hydrogen-bond acceptors (Lipinski definition) is 4. The molecule has 0 unspecified atom stereocenters. The van der Waals surface area contributed by atoms with Crippen LogP contribution in [0.4, 0.5) is 4.79 Å². The number of ether oxygens (including phenoxy) is 2. The minimum Gasteiger partial charge on any atom is -0.497 e. The van der Waals surface area contributed by atoms with Crippen LogP contribution in [0.5, 0.6) is 5.75 Å². The van der Waals surface area contributed by atoms with E-state index in [4.69, 9.17) is 9.47 Å². The van der Waals surface area contributed by atoms with Gasteiger partial charge in [0.2, 0.25) is 5.91 Å². The molecule has 154 valence electrons. The first kappa shape index (κ1) is 20.5. The fourth-order valence-electron chi connectivity index (χ4n) is 3.73. The second-order valence-electron chi connectivity index (χ2n) is 7.90. The predicted molar refractivity (Wildman–Crippen MR) is 106 cm³/mol. The average molecular weight is 389 g/mol. The number of benzene rings is 1. The van der Waals surface area contributed by atoms with Gasteiger partial charge in [0.15, 0.2) is 0 Å². The molecular weight excluding hydrogens is 358 g/mol. The van der Waals surface area contributed by atoms with Crippen LogP contribution < -0.4 is 15.4 Å². The van der Waals surface area contributed by atoms with Crippen LogP contribution in [0.1, 0.15) is 38.2 Å². The van der Waals surface area contributed by atoms with Crippen molar-refractivity contribution in [2.45, 2.75) is 45.3 Å². The van der Waals surface area contributed by atoms with Crippen molar-refractivity contribution in [1.29, 1.82) is 0 Å². The molecule has 2 heterocycles. The first-order chi connectivity index (χ1) is 13.5. The van der Waals surface area contributed by atoms with E-state index in [0.717, 1.165) is 30.8 Å². The van der Waals surface area contributed by atoms with Crippen molar-refractivity contribution in [3.8, 4) is 5.75 Å². The van der Waals surface area contributed by atoms with Gasteiger partial charge in [-0.1, -0.05) is 19.1 Å². The summed E-state index contributed by atoms with van der Waals surface area (Å²) in [5.41, 5.74) is 0.548. The molecular formula is C21H31N3O4. The minimum atomic E-state index is -0.454. The molecule has 2 saturated heterocycles. The number of carbonyl (C=O) groups is 2. The Morgan fingerprint density at radius 1 is 1.29 bits per heavy atom. The Kier molecular flexibility index (Phi) is 6.78. The average Bonchev–Trinajstić information content (AvgIpc) is 3.24. The van der Waals surface area contributed by atoms with Crippen LogP contribution in [0.15, 0.2) is 24.3 Å². The normalized spacial score (nSPS) is 21.2. The summed E-state index contributed by atoms with van der Waals surface area (Å²) in [5.74, 6) is 0.815. The van der Waals surface area contributed by atoms with Gasteiger partial charge in [-0.05, 0) is 43.4 Å². The van der Waals surface area contributed by atoms with E-state index >= 15 is 0 Å². The molecule has 0 bridgehead atoms. The van der Waals surface area contributed by atoms with Crippen molar-refractivity contribution in [3.63, 3.8) is 0 Å².